The van der Waals surface area contributed by atoms with Gasteiger partial charge in [-0.05, 0) is 43.9 Å². The average Bonchev–Trinajstić information content (AvgIpc) is 2.82. The van der Waals surface area contributed by atoms with Crippen LogP contribution in [-0.4, -0.2) is 59.5 Å². The Kier molecular flexibility index (Phi) is 4.80. The number of hydrogen-bond donors (Lipinski definition) is 2. The molecular formula is C17H30N4O2. The molecule has 3 amide bonds. The fraction of sp³-hybridized carbons (Fsp3) is 0.882. The first-order chi connectivity index (χ1) is 11.0. The van der Waals surface area contributed by atoms with Gasteiger partial charge in [-0.1, -0.05) is 13.8 Å². The van der Waals surface area contributed by atoms with Crippen LogP contribution < -0.4 is 11.1 Å². The first kappa shape index (κ1) is 16.6. The van der Waals surface area contributed by atoms with Crippen molar-refractivity contribution in [3.05, 3.63) is 0 Å². The highest BCUT2D eigenvalue weighted by Crippen LogP contribution is 2.30. The predicted molar refractivity (Wildman–Crippen MR) is 88.8 cm³/mol. The van der Waals surface area contributed by atoms with Crippen LogP contribution in [-0.2, 0) is 4.79 Å². The third kappa shape index (κ3) is 3.47. The number of fused-ring (bicyclic) bond motifs is 1. The molecule has 6 nitrogen and oxygen atoms in total. The predicted octanol–water partition coefficient (Wildman–Crippen LogP) is 1.15. The van der Waals surface area contributed by atoms with E-state index in [4.69, 9.17) is 5.73 Å². The van der Waals surface area contributed by atoms with Gasteiger partial charge in [-0.25, -0.2) is 4.79 Å². The fourth-order valence-corrected chi connectivity index (χ4v) is 4.33. The van der Waals surface area contributed by atoms with Gasteiger partial charge in [0.25, 0.3) is 0 Å². The zero-order chi connectivity index (χ0) is 16.6. The summed E-state index contributed by atoms with van der Waals surface area (Å²) in [4.78, 5) is 28.1. The first-order valence-electron chi connectivity index (χ1n) is 9.07. The van der Waals surface area contributed by atoms with Crippen LogP contribution in [0.15, 0.2) is 0 Å². The lowest BCUT2D eigenvalue weighted by Gasteiger charge is -2.39. The standard InChI is InChI=1S/C17H30N4O2/c1-11(2)12-3-5-13(6-4-12)19-17(23)20-7-8-21-14(10-20)9-15(18)16(21)22/h11-15H,3-10,18H2,1-2H3,(H,19,23). The number of carbonyl (C=O) groups excluding carboxylic acids is 2. The molecule has 23 heavy (non-hydrogen) atoms. The molecule has 6 heteroatoms. The Morgan fingerprint density at radius 2 is 1.91 bits per heavy atom. The molecule has 1 aliphatic carbocycles. The topological polar surface area (TPSA) is 78.7 Å². The minimum absolute atomic E-state index is 0.0329. The Bertz CT molecular complexity index is 460. The van der Waals surface area contributed by atoms with Crippen LogP contribution in [0.4, 0.5) is 4.79 Å². The number of rotatable bonds is 2. The van der Waals surface area contributed by atoms with E-state index in [0.29, 0.717) is 32.1 Å². The molecule has 0 aromatic rings. The molecule has 2 aliphatic heterocycles. The van der Waals surface area contributed by atoms with E-state index in [2.05, 4.69) is 19.2 Å². The lowest BCUT2D eigenvalue weighted by Crippen LogP contribution is -2.57. The molecule has 2 heterocycles. The summed E-state index contributed by atoms with van der Waals surface area (Å²) in [5, 5.41) is 3.20. The quantitative estimate of drug-likeness (QED) is 0.800. The summed E-state index contributed by atoms with van der Waals surface area (Å²) >= 11 is 0. The van der Waals surface area contributed by atoms with Crippen molar-refractivity contribution in [3.8, 4) is 0 Å². The lowest BCUT2D eigenvalue weighted by atomic mass is 9.80. The summed E-state index contributed by atoms with van der Waals surface area (Å²) in [6.07, 6.45) is 5.26. The van der Waals surface area contributed by atoms with E-state index in [1.165, 1.54) is 12.8 Å². The highest BCUT2D eigenvalue weighted by Gasteiger charge is 2.41. The van der Waals surface area contributed by atoms with Crippen LogP contribution in [0.5, 0.6) is 0 Å². The van der Waals surface area contributed by atoms with E-state index in [1.54, 1.807) is 0 Å². The van der Waals surface area contributed by atoms with Crippen molar-refractivity contribution >= 4 is 11.9 Å². The van der Waals surface area contributed by atoms with Gasteiger partial charge >= 0.3 is 6.03 Å². The molecule has 2 saturated heterocycles. The molecule has 1 saturated carbocycles. The van der Waals surface area contributed by atoms with Gasteiger partial charge in [0.15, 0.2) is 0 Å². The average molecular weight is 322 g/mol. The van der Waals surface area contributed by atoms with Crippen LogP contribution in [0, 0.1) is 11.8 Å². The lowest BCUT2D eigenvalue weighted by molar-refractivity contribution is -0.131. The number of nitrogens with zero attached hydrogens (tertiary/aromatic N) is 2. The van der Waals surface area contributed by atoms with E-state index in [0.717, 1.165) is 24.7 Å². The second-order valence-corrected chi connectivity index (χ2v) is 7.78. The number of piperazine rings is 1. The van der Waals surface area contributed by atoms with Crippen molar-refractivity contribution in [1.29, 1.82) is 0 Å². The number of nitrogens with one attached hydrogen (secondary N) is 1. The SMILES string of the molecule is CC(C)C1CCC(NC(=O)N2CCN3C(=O)C(N)CC3C2)CC1. The molecule has 0 aromatic heterocycles. The van der Waals surface area contributed by atoms with Crippen LogP contribution in [0.1, 0.15) is 46.0 Å². The van der Waals surface area contributed by atoms with Gasteiger partial charge in [0.05, 0.1) is 12.1 Å². The summed E-state index contributed by atoms with van der Waals surface area (Å²) in [5.74, 6) is 1.59. The Morgan fingerprint density at radius 3 is 2.57 bits per heavy atom. The molecule has 3 aliphatic rings. The molecule has 3 fully saturated rings. The summed E-state index contributed by atoms with van der Waals surface area (Å²) in [5.41, 5.74) is 5.84. The van der Waals surface area contributed by atoms with E-state index in [-0.39, 0.29) is 24.0 Å². The van der Waals surface area contributed by atoms with Crippen LogP contribution in [0.25, 0.3) is 0 Å². The summed E-state index contributed by atoms with van der Waals surface area (Å²) in [6, 6.07) is 0.0663. The van der Waals surface area contributed by atoms with Crippen molar-refractivity contribution < 1.29 is 9.59 Å². The maximum absolute atomic E-state index is 12.5. The number of hydrogen-bond acceptors (Lipinski definition) is 3. The van der Waals surface area contributed by atoms with Gasteiger partial charge in [0, 0.05) is 25.7 Å². The third-order valence-electron chi connectivity index (χ3n) is 5.94. The van der Waals surface area contributed by atoms with Crippen LogP contribution in [0.3, 0.4) is 0 Å². The van der Waals surface area contributed by atoms with E-state index in [9.17, 15) is 9.59 Å². The van der Waals surface area contributed by atoms with Gasteiger partial charge in [-0.2, -0.15) is 0 Å². The second-order valence-electron chi connectivity index (χ2n) is 7.78. The highest BCUT2D eigenvalue weighted by atomic mass is 16.2. The summed E-state index contributed by atoms with van der Waals surface area (Å²) in [7, 11) is 0. The molecule has 0 bridgehead atoms. The zero-order valence-electron chi connectivity index (χ0n) is 14.3. The van der Waals surface area contributed by atoms with Crippen LogP contribution in [0.2, 0.25) is 0 Å². The fourth-order valence-electron chi connectivity index (χ4n) is 4.33. The van der Waals surface area contributed by atoms with Crippen molar-refractivity contribution in [2.75, 3.05) is 19.6 Å². The molecule has 3 N–H and O–H groups in total. The summed E-state index contributed by atoms with van der Waals surface area (Å²) in [6.45, 7) is 6.42. The molecule has 2 unspecified atom stereocenters. The maximum Gasteiger partial charge on any atom is 0.317 e. The monoisotopic (exact) mass is 322 g/mol. The number of carbonyl (C=O) groups is 2. The number of amides is 3. The van der Waals surface area contributed by atoms with E-state index in [1.807, 2.05) is 9.80 Å². The molecule has 3 rings (SSSR count). The third-order valence-corrected chi connectivity index (χ3v) is 5.94. The van der Waals surface area contributed by atoms with Crippen molar-refractivity contribution in [2.24, 2.45) is 17.6 Å². The Morgan fingerprint density at radius 1 is 1.22 bits per heavy atom. The molecule has 0 spiro atoms. The Balaban J connectivity index is 1.47. The van der Waals surface area contributed by atoms with Crippen LogP contribution >= 0.6 is 0 Å². The van der Waals surface area contributed by atoms with Crippen molar-refractivity contribution in [2.45, 2.75) is 64.1 Å². The summed E-state index contributed by atoms with van der Waals surface area (Å²) < 4.78 is 0. The van der Waals surface area contributed by atoms with Gasteiger partial charge in [0.1, 0.15) is 0 Å². The van der Waals surface area contributed by atoms with Crippen molar-refractivity contribution in [3.63, 3.8) is 0 Å². The highest BCUT2D eigenvalue weighted by molar-refractivity contribution is 5.85. The Hall–Kier alpha value is -1.30. The molecule has 0 aromatic carbocycles. The number of nitrogens with two attached hydrogens (primary N) is 1. The van der Waals surface area contributed by atoms with Crippen molar-refractivity contribution in [1.82, 2.24) is 15.1 Å². The molecule has 2 atom stereocenters. The molecule has 0 radical (unpaired) electrons. The van der Waals surface area contributed by atoms with E-state index < -0.39 is 0 Å². The first-order valence-corrected chi connectivity index (χ1v) is 9.07. The molecule has 130 valence electrons. The van der Waals surface area contributed by atoms with Gasteiger partial charge in [-0.3, -0.25) is 4.79 Å². The van der Waals surface area contributed by atoms with Gasteiger partial charge < -0.3 is 20.9 Å². The van der Waals surface area contributed by atoms with Gasteiger partial charge in [0.2, 0.25) is 5.91 Å². The minimum Gasteiger partial charge on any atom is -0.335 e. The second kappa shape index (κ2) is 6.67. The normalized spacial score (nSPS) is 34.7. The Labute approximate surface area is 138 Å². The number of urea groups is 1. The van der Waals surface area contributed by atoms with Gasteiger partial charge in [-0.15, -0.1) is 0 Å². The largest absolute Gasteiger partial charge is 0.335 e. The maximum atomic E-state index is 12.5. The molecular weight excluding hydrogens is 292 g/mol. The van der Waals surface area contributed by atoms with E-state index >= 15 is 0 Å². The smallest absolute Gasteiger partial charge is 0.317 e. The minimum atomic E-state index is -0.380. The zero-order valence-corrected chi connectivity index (χ0v) is 14.3.